The summed E-state index contributed by atoms with van der Waals surface area (Å²) in [6.07, 6.45) is 3.03. The van der Waals surface area contributed by atoms with Crippen LogP contribution in [0.1, 0.15) is 17.7 Å². The van der Waals surface area contributed by atoms with E-state index in [1.165, 1.54) is 23.5 Å². The van der Waals surface area contributed by atoms with Gasteiger partial charge in [-0.15, -0.1) is 0 Å². The van der Waals surface area contributed by atoms with Gasteiger partial charge in [0.25, 0.3) is 0 Å². The predicted octanol–water partition coefficient (Wildman–Crippen LogP) is 2.26. The molecule has 1 aliphatic rings. The zero-order valence-electron chi connectivity index (χ0n) is 10.1. The molecule has 2 aromatic rings. The van der Waals surface area contributed by atoms with Crippen LogP contribution in [0.5, 0.6) is 0 Å². The van der Waals surface area contributed by atoms with Gasteiger partial charge in [-0.05, 0) is 26.0 Å². The van der Waals surface area contributed by atoms with Crippen LogP contribution in [-0.4, -0.2) is 32.1 Å². The van der Waals surface area contributed by atoms with Gasteiger partial charge in [-0.25, -0.2) is 4.98 Å². The maximum absolute atomic E-state index is 4.53. The Morgan fingerprint density at radius 1 is 1.47 bits per heavy atom. The average Bonchev–Trinajstić information content (AvgIpc) is 2.94. The molecule has 0 saturated carbocycles. The van der Waals surface area contributed by atoms with E-state index in [0.29, 0.717) is 6.04 Å². The molecule has 3 rings (SSSR count). The number of rotatable bonds is 2. The van der Waals surface area contributed by atoms with Gasteiger partial charge in [0.2, 0.25) is 0 Å². The Bertz CT molecular complexity index is 543. The van der Waals surface area contributed by atoms with Crippen LogP contribution in [0, 0.1) is 13.8 Å². The average molecular weight is 248 g/mol. The molecule has 1 aliphatic heterocycles. The number of hydrogen-bond acceptors (Lipinski definition) is 4. The highest BCUT2D eigenvalue weighted by Gasteiger charge is 2.18. The molecule has 2 aromatic heterocycles. The van der Waals surface area contributed by atoms with Crippen LogP contribution in [0.25, 0.3) is 5.65 Å². The van der Waals surface area contributed by atoms with Gasteiger partial charge in [0.05, 0.1) is 6.20 Å². The second kappa shape index (κ2) is 4.22. The van der Waals surface area contributed by atoms with Crippen molar-refractivity contribution in [2.75, 3.05) is 16.8 Å². The highest BCUT2D eigenvalue weighted by molar-refractivity contribution is 7.99. The predicted molar refractivity (Wildman–Crippen MR) is 71.8 cm³/mol. The summed E-state index contributed by atoms with van der Waals surface area (Å²) in [4.78, 5) is 4.53. The third-order valence-corrected chi connectivity index (χ3v) is 4.45. The molecule has 0 radical (unpaired) electrons. The smallest absolute Gasteiger partial charge is 0.157 e. The first-order valence-corrected chi connectivity index (χ1v) is 7.06. The lowest BCUT2D eigenvalue weighted by Gasteiger charge is -2.17. The van der Waals surface area contributed by atoms with Crippen LogP contribution in [0.2, 0.25) is 0 Å². The summed E-state index contributed by atoms with van der Waals surface area (Å²) in [6.45, 7) is 4.16. The van der Waals surface area contributed by atoms with Crippen molar-refractivity contribution in [1.82, 2.24) is 14.6 Å². The number of anilines is 1. The number of thioether (sulfide) groups is 1. The molecule has 0 spiro atoms. The number of aromatic nitrogens is 3. The monoisotopic (exact) mass is 248 g/mol. The topological polar surface area (TPSA) is 42.2 Å². The second-order valence-corrected chi connectivity index (χ2v) is 5.63. The molecule has 0 amide bonds. The van der Waals surface area contributed by atoms with E-state index in [0.717, 1.165) is 17.2 Å². The van der Waals surface area contributed by atoms with Gasteiger partial charge in [-0.3, -0.25) is 0 Å². The molecule has 1 saturated heterocycles. The lowest BCUT2D eigenvalue weighted by molar-refractivity contribution is 0.785. The second-order valence-electron chi connectivity index (χ2n) is 4.48. The quantitative estimate of drug-likeness (QED) is 0.885. The molecule has 0 aromatic carbocycles. The van der Waals surface area contributed by atoms with Crippen molar-refractivity contribution in [3.05, 3.63) is 23.5 Å². The molecule has 1 fully saturated rings. The van der Waals surface area contributed by atoms with E-state index in [4.69, 9.17) is 0 Å². The lowest BCUT2D eigenvalue weighted by atomic mass is 10.2. The van der Waals surface area contributed by atoms with E-state index in [-0.39, 0.29) is 0 Å². The van der Waals surface area contributed by atoms with Gasteiger partial charge in [0.1, 0.15) is 5.82 Å². The Balaban J connectivity index is 2.05. The minimum Gasteiger partial charge on any atom is -0.366 e. The molecular formula is C12H16N4S. The summed E-state index contributed by atoms with van der Waals surface area (Å²) in [5, 5.41) is 7.97. The number of nitrogens with one attached hydrogen (secondary N) is 1. The fourth-order valence-corrected chi connectivity index (χ4v) is 3.30. The zero-order valence-corrected chi connectivity index (χ0v) is 10.9. The highest BCUT2D eigenvalue weighted by atomic mass is 32.2. The van der Waals surface area contributed by atoms with Crippen LogP contribution >= 0.6 is 11.8 Å². The van der Waals surface area contributed by atoms with Crippen molar-refractivity contribution < 1.29 is 0 Å². The number of hydrogen-bond donors (Lipinski definition) is 1. The zero-order chi connectivity index (χ0) is 11.8. The van der Waals surface area contributed by atoms with Gasteiger partial charge >= 0.3 is 0 Å². The third-order valence-electron chi connectivity index (χ3n) is 3.29. The summed E-state index contributed by atoms with van der Waals surface area (Å²) < 4.78 is 1.91. The van der Waals surface area contributed by atoms with E-state index in [9.17, 15) is 0 Å². The van der Waals surface area contributed by atoms with Gasteiger partial charge in [-0.1, -0.05) is 0 Å². The minimum absolute atomic E-state index is 0.563. The fraction of sp³-hybridized carbons (Fsp3) is 0.500. The van der Waals surface area contributed by atoms with E-state index < -0.39 is 0 Å². The molecule has 3 heterocycles. The molecule has 1 atom stereocenters. The molecule has 0 bridgehead atoms. The SMILES string of the molecule is Cc1nc2ccnn2c(NC2CCSC2)c1C. The molecule has 5 heteroatoms. The summed E-state index contributed by atoms with van der Waals surface area (Å²) in [5.74, 6) is 3.54. The molecule has 90 valence electrons. The maximum atomic E-state index is 4.53. The van der Waals surface area contributed by atoms with Crippen LogP contribution in [-0.2, 0) is 0 Å². The van der Waals surface area contributed by atoms with Crippen molar-refractivity contribution in [3.63, 3.8) is 0 Å². The fourth-order valence-electron chi connectivity index (χ4n) is 2.15. The van der Waals surface area contributed by atoms with Crippen molar-refractivity contribution in [3.8, 4) is 0 Å². The van der Waals surface area contributed by atoms with Crippen LogP contribution in [0.3, 0.4) is 0 Å². The molecule has 17 heavy (non-hydrogen) atoms. The van der Waals surface area contributed by atoms with E-state index >= 15 is 0 Å². The van der Waals surface area contributed by atoms with Gasteiger partial charge in [-0.2, -0.15) is 21.4 Å². The Labute approximate surface area is 105 Å². The van der Waals surface area contributed by atoms with Crippen molar-refractivity contribution >= 4 is 23.2 Å². The maximum Gasteiger partial charge on any atom is 0.157 e. The van der Waals surface area contributed by atoms with Crippen molar-refractivity contribution in [1.29, 1.82) is 0 Å². The first-order valence-electron chi connectivity index (χ1n) is 5.91. The third kappa shape index (κ3) is 1.88. The van der Waals surface area contributed by atoms with Gasteiger partial charge in [0.15, 0.2) is 5.65 Å². The summed E-state index contributed by atoms with van der Waals surface area (Å²) >= 11 is 2.01. The summed E-state index contributed by atoms with van der Waals surface area (Å²) in [7, 11) is 0. The molecular weight excluding hydrogens is 232 g/mol. The van der Waals surface area contributed by atoms with Crippen LogP contribution in [0.15, 0.2) is 12.3 Å². The van der Waals surface area contributed by atoms with Gasteiger partial charge < -0.3 is 5.32 Å². The number of fused-ring (bicyclic) bond motifs is 1. The highest BCUT2D eigenvalue weighted by Crippen LogP contribution is 2.24. The molecule has 0 aliphatic carbocycles. The Morgan fingerprint density at radius 3 is 3.12 bits per heavy atom. The molecule has 1 unspecified atom stereocenters. The van der Waals surface area contributed by atoms with Crippen molar-refractivity contribution in [2.45, 2.75) is 26.3 Å². The van der Waals surface area contributed by atoms with Crippen LogP contribution < -0.4 is 5.32 Å². The normalized spacial score (nSPS) is 20.0. The summed E-state index contributed by atoms with van der Waals surface area (Å²) in [6, 6.07) is 2.51. The summed E-state index contributed by atoms with van der Waals surface area (Å²) in [5.41, 5.74) is 3.19. The molecule has 4 nitrogen and oxygen atoms in total. The minimum atomic E-state index is 0.563. The van der Waals surface area contributed by atoms with Gasteiger partial charge in [0, 0.05) is 29.1 Å². The van der Waals surface area contributed by atoms with Crippen molar-refractivity contribution in [2.24, 2.45) is 0 Å². The van der Waals surface area contributed by atoms with E-state index in [2.05, 4.69) is 29.2 Å². The standard InChI is InChI=1S/C12H16N4S/c1-8-9(2)14-11-3-5-13-16(11)12(8)15-10-4-6-17-7-10/h3,5,10,15H,4,6-7H2,1-2H3. The van der Waals surface area contributed by atoms with E-state index in [1.54, 1.807) is 6.20 Å². The Kier molecular flexibility index (Phi) is 2.70. The first-order chi connectivity index (χ1) is 8.25. The van der Waals surface area contributed by atoms with Crippen LogP contribution in [0.4, 0.5) is 5.82 Å². The molecule has 1 N–H and O–H groups in total. The Hall–Kier alpha value is -1.23. The number of nitrogens with zero attached hydrogens (tertiary/aromatic N) is 3. The lowest BCUT2D eigenvalue weighted by Crippen LogP contribution is -2.21. The Morgan fingerprint density at radius 2 is 2.35 bits per heavy atom. The first kappa shape index (κ1) is 10.9. The van der Waals surface area contributed by atoms with E-state index in [1.807, 2.05) is 22.3 Å². The number of aryl methyl sites for hydroxylation is 1. The largest absolute Gasteiger partial charge is 0.366 e.